The molecule has 78 valence electrons. The van der Waals surface area contributed by atoms with Gasteiger partial charge in [0, 0.05) is 19.7 Å². The van der Waals surface area contributed by atoms with Gasteiger partial charge in [-0.25, -0.2) is 4.79 Å². The Hall–Kier alpha value is -0.553. The summed E-state index contributed by atoms with van der Waals surface area (Å²) in [6, 6.07) is 0. The molecule has 0 aromatic rings. The normalized spacial score (nSPS) is 10.7. The molecule has 0 aromatic heterocycles. The lowest BCUT2D eigenvalue weighted by molar-refractivity contribution is 0.144. The van der Waals surface area contributed by atoms with Gasteiger partial charge in [-0.05, 0) is 20.3 Å². The van der Waals surface area contributed by atoms with Crippen molar-refractivity contribution < 1.29 is 13.6 Å². The average molecular weight is 205 g/mol. The minimum absolute atomic E-state index is 0.232. The van der Waals surface area contributed by atoms with Gasteiger partial charge in [-0.15, -0.1) is 0 Å². The first-order valence-electron chi connectivity index (χ1n) is 4.75. The molecule has 0 unspecified atom stereocenters. The van der Waals surface area contributed by atoms with Gasteiger partial charge in [0.05, 0.1) is 0 Å². The van der Waals surface area contributed by atoms with Crippen LogP contribution in [-0.4, -0.2) is 40.7 Å². The van der Waals surface area contributed by atoms with Crippen molar-refractivity contribution in [3.8, 4) is 0 Å². The highest BCUT2D eigenvalue weighted by Crippen LogP contribution is 1.94. The van der Waals surface area contributed by atoms with Crippen LogP contribution < -0.4 is 0 Å². The van der Waals surface area contributed by atoms with E-state index >= 15 is 0 Å². The molecular formula is C8H19NO3Si. The van der Waals surface area contributed by atoms with Crippen LogP contribution in [0.3, 0.4) is 0 Å². The molecule has 0 rings (SSSR count). The van der Waals surface area contributed by atoms with Crippen LogP contribution in [0, 0.1) is 0 Å². The lowest BCUT2D eigenvalue weighted by Gasteiger charge is -2.19. The van der Waals surface area contributed by atoms with Crippen LogP contribution in [0.4, 0.5) is 4.79 Å². The summed E-state index contributed by atoms with van der Waals surface area (Å²) in [6.45, 7) is 7.96. The first-order chi connectivity index (χ1) is 6.26. The van der Waals surface area contributed by atoms with Gasteiger partial charge in [0.15, 0.2) is 0 Å². The van der Waals surface area contributed by atoms with E-state index in [0.717, 1.165) is 13.0 Å². The number of nitrogens with zero attached hydrogens (tertiary/aromatic N) is 1. The summed E-state index contributed by atoms with van der Waals surface area (Å²) in [4.78, 5) is 13.0. The maximum Gasteiger partial charge on any atom is 0.397 e. The summed E-state index contributed by atoms with van der Waals surface area (Å²) in [5.41, 5.74) is 0. The second kappa shape index (κ2) is 8.06. The van der Waals surface area contributed by atoms with E-state index in [4.69, 9.17) is 8.85 Å². The van der Waals surface area contributed by atoms with Crippen LogP contribution >= 0.6 is 0 Å². The van der Waals surface area contributed by atoms with Crippen LogP contribution in [0.1, 0.15) is 27.2 Å². The Balaban J connectivity index is 3.64. The summed E-state index contributed by atoms with van der Waals surface area (Å²) in [5.74, 6) is 0. The van der Waals surface area contributed by atoms with Crippen molar-refractivity contribution in [1.82, 2.24) is 4.90 Å². The van der Waals surface area contributed by atoms with Gasteiger partial charge in [0.25, 0.3) is 0 Å². The third kappa shape index (κ3) is 5.65. The Morgan fingerprint density at radius 2 is 2.08 bits per heavy atom. The van der Waals surface area contributed by atoms with Crippen LogP contribution in [0.2, 0.25) is 0 Å². The maximum atomic E-state index is 11.3. The molecule has 0 aromatic carbocycles. The lowest BCUT2D eigenvalue weighted by atomic mass is 10.4. The summed E-state index contributed by atoms with van der Waals surface area (Å²) in [5, 5.41) is 0. The summed E-state index contributed by atoms with van der Waals surface area (Å²) in [6.07, 6.45) is 0.725. The Kier molecular flexibility index (Phi) is 7.72. The molecule has 13 heavy (non-hydrogen) atoms. The fourth-order valence-electron chi connectivity index (χ4n) is 0.915. The zero-order valence-electron chi connectivity index (χ0n) is 8.71. The van der Waals surface area contributed by atoms with Crippen LogP contribution in [0.5, 0.6) is 0 Å². The minimum Gasteiger partial charge on any atom is -0.483 e. The summed E-state index contributed by atoms with van der Waals surface area (Å²) in [7, 11) is -1.10. The molecule has 0 N–H and O–H groups in total. The summed E-state index contributed by atoms with van der Waals surface area (Å²) >= 11 is 0. The van der Waals surface area contributed by atoms with Crippen molar-refractivity contribution in [3.63, 3.8) is 0 Å². The molecule has 0 bridgehead atoms. The molecule has 0 fully saturated rings. The summed E-state index contributed by atoms with van der Waals surface area (Å²) < 4.78 is 10.0. The first kappa shape index (κ1) is 12.4. The quantitative estimate of drug-likeness (QED) is 0.477. The SMILES string of the molecule is CCCN(CC)C(=O)O[SiH2]OCC. The van der Waals surface area contributed by atoms with E-state index in [-0.39, 0.29) is 6.09 Å². The van der Waals surface area contributed by atoms with Crippen LogP contribution in [0.15, 0.2) is 0 Å². The van der Waals surface area contributed by atoms with Gasteiger partial charge >= 0.3 is 16.1 Å². The molecule has 4 nitrogen and oxygen atoms in total. The first-order valence-corrected chi connectivity index (χ1v) is 5.91. The zero-order chi connectivity index (χ0) is 10.1. The topological polar surface area (TPSA) is 38.8 Å². The average Bonchev–Trinajstić information content (AvgIpc) is 2.14. The van der Waals surface area contributed by atoms with E-state index in [1.54, 1.807) is 4.90 Å². The molecule has 0 aliphatic rings. The fourth-order valence-corrected chi connectivity index (χ4v) is 1.45. The van der Waals surface area contributed by atoms with Gasteiger partial charge in [-0.3, -0.25) is 0 Å². The Morgan fingerprint density at radius 1 is 1.38 bits per heavy atom. The largest absolute Gasteiger partial charge is 0.483 e. The number of carbonyl (C=O) groups is 1. The number of hydrogen-bond acceptors (Lipinski definition) is 3. The molecule has 0 aliphatic heterocycles. The van der Waals surface area contributed by atoms with Crippen molar-refractivity contribution >= 4 is 16.1 Å². The second-order valence-corrected chi connectivity index (χ2v) is 3.53. The third-order valence-corrected chi connectivity index (χ3v) is 2.54. The van der Waals surface area contributed by atoms with E-state index in [9.17, 15) is 4.79 Å². The van der Waals surface area contributed by atoms with Crippen molar-refractivity contribution in [1.29, 1.82) is 0 Å². The highest BCUT2D eigenvalue weighted by Gasteiger charge is 2.10. The highest BCUT2D eigenvalue weighted by molar-refractivity contribution is 6.22. The third-order valence-electron chi connectivity index (χ3n) is 1.60. The fraction of sp³-hybridized carbons (Fsp3) is 0.875. The van der Waals surface area contributed by atoms with Gasteiger partial charge in [0.1, 0.15) is 0 Å². The van der Waals surface area contributed by atoms with E-state index in [1.807, 2.05) is 20.8 Å². The molecule has 0 saturated heterocycles. The molecule has 0 spiro atoms. The molecular weight excluding hydrogens is 186 g/mol. The molecule has 1 amide bonds. The highest BCUT2D eigenvalue weighted by atomic mass is 28.3. The van der Waals surface area contributed by atoms with Crippen LogP contribution in [-0.2, 0) is 8.85 Å². The number of carbonyl (C=O) groups excluding carboxylic acids is 1. The van der Waals surface area contributed by atoms with Crippen molar-refractivity contribution in [2.75, 3.05) is 19.7 Å². The van der Waals surface area contributed by atoms with E-state index in [0.29, 0.717) is 13.2 Å². The Morgan fingerprint density at radius 3 is 2.54 bits per heavy atom. The Labute approximate surface area is 82.3 Å². The van der Waals surface area contributed by atoms with Crippen molar-refractivity contribution in [2.24, 2.45) is 0 Å². The molecule has 0 atom stereocenters. The molecule has 5 heteroatoms. The van der Waals surface area contributed by atoms with Crippen LogP contribution in [0.25, 0.3) is 0 Å². The minimum atomic E-state index is -1.10. The van der Waals surface area contributed by atoms with E-state index in [2.05, 4.69) is 0 Å². The van der Waals surface area contributed by atoms with Gasteiger partial charge < -0.3 is 13.8 Å². The monoisotopic (exact) mass is 205 g/mol. The molecule has 0 heterocycles. The van der Waals surface area contributed by atoms with Gasteiger partial charge in [0.2, 0.25) is 0 Å². The van der Waals surface area contributed by atoms with Crippen molar-refractivity contribution in [2.45, 2.75) is 27.2 Å². The van der Waals surface area contributed by atoms with E-state index < -0.39 is 10.0 Å². The molecule has 0 aliphatic carbocycles. The Bertz CT molecular complexity index is 143. The predicted octanol–water partition coefficient (Wildman–Crippen LogP) is 0.890. The molecule has 0 saturated carbocycles. The number of hydrogen-bond donors (Lipinski definition) is 0. The second-order valence-electron chi connectivity index (χ2n) is 2.60. The maximum absolute atomic E-state index is 11.3. The smallest absolute Gasteiger partial charge is 0.397 e. The van der Waals surface area contributed by atoms with Gasteiger partial charge in [-0.1, -0.05) is 6.92 Å². The van der Waals surface area contributed by atoms with E-state index in [1.165, 1.54) is 0 Å². The zero-order valence-corrected chi connectivity index (χ0v) is 10.1. The lowest BCUT2D eigenvalue weighted by Crippen LogP contribution is -2.33. The van der Waals surface area contributed by atoms with Gasteiger partial charge in [-0.2, -0.15) is 0 Å². The van der Waals surface area contributed by atoms with Crippen molar-refractivity contribution in [3.05, 3.63) is 0 Å². The molecule has 0 radical (unpaired) electrons. The standard InChI is InChI=1S/C8H19NO3Si/c1-4-7-9(5-2)8(10)12-13-11-6-3/h4-7,13H2,1-3H3. The number of amides is 1. The predicted molar refractivity (Wildman–Crippen MR) is 54.2 cm³/mol. The number of rotatable bonds is 6.